The van der Waals surface area contributed by atoms with Crippen LogP contribution in [0.25, 0.3) is 0 Å². The summed E-state index contributed by atoms with van der Waals surface area (Å²) in [7, 11) is 0. The molecule has 0 amide bonds. The molecule has 20 heavy (non-hydrogen) atoms. The second kappa shape index (κ2) is 13.8. The molecule has 0 spiro atoms. The fourth-order valence-corrected chi connectivity index (χ4v) is 16.1. The molecule has 0 aliphatic carbocycles. The Hall–Kier alpha value is -0.151. The van der Waals surface area contributed by atoms with Crippen LogP contribution in [-0.2, 0) is 0 Å². The fourth-order valence-electron chi connectivity index (χ4n) is 2.61. The van der Waals surface area contributed by atoms with Crippen molar-refractivity contribution < 1.29 is 0 Å². The Kier molecular flexibility index (Phi) is 13.7. The molecule has 0 radical (unpaired) electrons. The van der Waals surface area contributed by atoms with E-state index in [2.05, 4.69) is 36.7 Å². The van der Waals surface area contributed by atoms with Crippen LogP contribution < -0.4 is 0 Å². The van der Waals surface area contributed by atoms with Gasteiger partial charge in [-0.25, -0.2) is 0 Å². The molecule has 114 valence electrons. The van der Waals surface area contributed by atoms with E-state index >= 15 is 0 Å². The number of hydrogen-bond acceptors (Lipinski definition) is 1. The molecule has 0 fully saturated rings. The van der Waals surface area contributed by atoms with Crippen molar-refractivity contribution in [2.24, 2.45) is 0 Å². The predicted molar refractivity (Wildman–Crippen MR) is 92.1 cm³/mol. The van der Waals surface area contributed by atoms with Crippen LogP contribution in [0.5, 0.6) is 0 Å². The zero-order chi connectivity index (χ0) is 15.1. The first kappa shape index (κ1) is 19.8. The average Bonchev–Trinajstić information content (AvgIpc) is 2.48. The third kappa shape index (κ3) is 9.71. The summed E-state index contributed by atoms with van der Waals surface area (Å²) in [5.41, 5.74) is 0. The molecule has 0 aliphatic rings. The van der Waals surface area contributed by atoms with Crippen LogP contribution >= 0.6 is 0 Å². The molecule has 0 saturated heterocycles. The zero-order valence-electron chi connectivity index (χ0n) is 13.9. The van der Waals surface area contributed by atoms with Crippen molar-refractivity contribution >= 4 is 18.4 Å². The third-order valence-electron chi connectivity index (χ3n) is 3.97. The van der Waals surface area contributed by atoms with E-state index < -0.39 is 18.4 Å². The second-order valence-corrected chi connectivity index (χ2v) is 18.2. The van der Waals surface area contributed by atoms with Crippen LogP contribution in [0.15, 0.2) is 0 Å². The molecule has 0 unspecified atom stereocenters. The van der Waals surface area contributed by atoms with Gasteiger partial charge in [0.25, 0.3) is 0 Å². The number of nitrogens with zero attached hydrogens (tertiary/aromatic N) is 1. The SMILES string of the molecule is CCC[CH2][Sn]([C]#CCCCC#N)([CH2]CCC)[CH2]CCC. The van der Waals surface area contributed by atoms with Gasteiger partial charge in [-0.15, -0.1) is 0 Å². The van der Waals surface area contributed by atoms with E-state index in [-0.39, 0.29) is 0 Å². The van der Waals surface area contributed by atoms with Crippen LogP contribution in [0, 0.1) is 21.2 Å². The summed E-state index contributed by atoms with van der Waals surface area (Å²) in [6.45, 7) is 6.91. The molecule has 0 aliphatic heterocycles. The summed E-state index contributed by atoms with van der Waals surface area (Å²) >= 11 is -2.19. The molecule has 0 aromatic carbocycles. The van der Waals surface area contributed by atoms with Gasteiger partial charge in [-0.2, -0.15) is 0 Å². The van der Waals surface area contributed by atoms with Gasteiger partial charge >= 0.3 is 131 Å². The molecular formula is C18H33NSn. The van der Waals surface area contributed by atoms with Gasteiger partial charge < -0.3 is 0 Å². The van der Waals surface area contributed by atoms with Gasteiger partial charge in [-0.3, -0.25) is 0 Å². The van der Waals surface area contributed by atoms with E-state index in [4.69, 9.17) is 5.26 Å². The Morgan fingerprint density at radius 2 is 1.25 bits per heavy atom. The standard InChI is InChI=1S/C6H6N.3C4H9.Sn/c1-2-3-4-5-6-7;3*1-3-4-2;/h3-5H2;3*1,3-4H2,2H3;. The van der Waals surface area contributed by atoms with E-state index in [0.717, 1.165) is 12.8 Å². The Morgan fingerprint density at radius 1 is 0.750 bits per heavy atom. The van der Waals surface area contributed by atoms with Crippen molar-refractivity contribution in [3.63, 3.8) is 0 Å². The van der Waals surface area contributed by atoms with E-state index in [1.807, 2.05) is 0 Å². The predicted octanol–water partition coefficient (Wildman–Crippen LogP) is 6.07. The molecule has 0 heterocycles. The van der Waals surface area contributed by atoms with Crippen molar-refractivity contribution in [3.05, 3.63) is 0 Å². The second-order valence-electron chi connectivity index (χ2n) is 5.90. The normalized spacial score (nSPS) is 10.7. The molecule has 0 aromatic rings. The number of unbranched alkanes of at least 4 members (excludes halogenated alkanes) is 5. The summed E-state index contributed by atoms with van der Waals surface area (Å²) in [4.78, 5) is 0. The number of hydrogen-bond donors (Lipinski definition) is 0. The van der Waals surface area contributed by atoms with Gasteiger partial charge in [0.05, 0.1) is 0 Å². The molecule has 0 N–H and O–H groups in total. The van der Waals surface area contributed by atoms with Gasteiger partial charge in [0.2, 0.25) is 0 Å². The Balaban J connectivity index is 4.69. The van der Waals surface area contributed by atoms with E-state index in [9.17, 15) is 0 Å². The van der Waals surface area contributed by atoms with Gasteiger partial charge in [-0.05, 0) is 0 Å². The van der Waals surface area contributed by atoms with E-state index in [1.54, 1.807) is 0 Å². The van der Waals surface area contributed by atoms with Crippen LogP contribution in [-0.4, -0.2) is 18.4 Å². The van der Waals surface area contributed by atoms with Crippen molar-refractivity contribution in [1.29, 1.82) is 5.26 Å². The minimum absolute atomic E-state index is 0.663. The average molecular weight is 382 g/mol. The first-order valence-electron chi connectivity index (χ1n) is 8.61. The summed E-state index contributed by atoms with van der Waals surface area (Å²) in [5.74, 6) is 3.48. The van der Waals surface area contributed by atoms with Gasteiger partial charge in [-0.1, -0.05) is 0 Å². The first-order valence-corrected chi connectivity index (χ1v) is 16.1. The quantitative estimate of drug-likeness (QED) is 0.242. The molecule has 0 atom stereocenters. The fraction of sp³-hybridized carbons (Fsp3) is 0.833. The van der Waals surface area contributed by atoms with Crippen molar-refractivity contribution in [1.82, 2.24) is 0 Å². The maximum atomic E-state index is 8.59. The summed E-state index contributed by atoms with van der Waals surface area (Å²) < 4.78 is 8.25. The Morgan fingerprint density at radius 3 is 1.65 bits per heavy atom. The molecule has 0 bridgehead atoms. The molecular weight excluding hydrogens is 349 g/mol. The van der Waals surface area contributed by atoms with Gasteiger partial charge in [0.1, 0.15) is 0 Å². The van der Waals surface area contributed by atoms with E-state index in [0.29, 0.717) is 6.42 Å². The van der Waals surface area contributed by atoms with Crippen molar-refractivity contribution in [2.45, 2.75) is 91.9 Å². The Labute approximate surface area is 131 Å². The minimum atomic E-state index is -2.19. The molecule has 0 aromatic heterocycles. The van der Waals surface area contributed by atoms with Gasteiger partial charge in [0.15, 0.2) is 0 Å². The van der Waals surface area contributed by atoms with Crippen LogP contribution in [0.2, 0.25) is 13.3 Å². The van der Waals surface area contributed by atoms with Crippen LogP contribution in [0.1, 0.15) is 78.6 Å². The Bertz CT molecular complexity index is 297. The maximum absolute atomic E-state index is 8.59. The monoisotopic (exact) mass is 383 g/mol. The van der Waals surface area contributed by atoms with Crippen LogP contribution in [0.4, 0.5) is 0 Å². The van der Waals surface area contributed by atoms with Crippen molar-refractivity contribution in [3.8, 4) is 15.9 Å². The van der Waals surface area contributed by atoms with Crippen molar-refractivity contribution in [2.75, 3.05) is 0 Å². The topological polar surface area (TPSA) is 23.8 Å². The summed E-state index contributed by atoms with van der Waals surface area (Å²) in [5, 5.41) is 8.59. The zero-order valence-corrected chi connectivity index (χ0v) is 16.8. The summed E-state index contributed by atoms with van der Waals surface area (Å²) in [6, 6.07) is 2.22. The molecule has 0 saturated carbocycles. The first-order chi connectivity index (χ1) is 9.74. The molecule has 1 nitrogen and oxygen atoms in total. The third-order valence-corrected chi connectivity index (χ3v) is 17.2. The molecule has 0 rings (SSSR count). The van der Waals surface area contributed by atoms with Crippen LogP contribution in [0.3, 0.4) is 0 Å². The van der Waals surface area contributed by atoms with Gasteiger partial charge in [0, 0.05) is 0 Å². The number of nitriles is 1. The van der Waals surface area contributed by atoms with E-state index in [1.165, 1.54) is 51.8 Å². The molecule has 2 heteroatoms. The number of rotatable bonds is 11. The summed E-state index contributed by atoms with van der Waals surface area (Å²) in [6.07, 6.45) is 10.7.